The Hall–Kier alpha value is -0.770. The van der Waals surface area contributed by atoms with Crippen LogP contribution in [-0.2, 0) is 12.8 Å². The van der Waals surface area contributed by atoms with Crippen LogP contribution in [0.15, 0.2) is 0 Å². The van der Waals surface area contributed by atoms with Gasteiger partial charge in [-0.3, -0.25) is 0 Å². The van der Waals surface area contributed by atoms with Crippen molar-refractivity contribution in [1.82, 2.24) is 9.97 Å². The van der Waals surface area contributed by atoms with E-state index in [9.17, 15) is 0 Å². The van der Waals surface area contributed by atoms with Gasteiger partial charge in [0, 0.05) is 18.3 Å². The van der Waals surface area contributed by atoms with E-state index in [2.05, 4.69) is 5.32 Å². The lowest BCUT2D eigenvalue weighted by Gasteiger charge is -2.22. The molecule has 1 aliphatic carbocycles. The maximum atomic E-state index is 4.93. The highest BCUT2D eigenvalue weighted by atomic mass is 32.2. The van der Waals surface area contributed by atoms with Gasteiger partial charge in [0.1, 0.15) is 11.6 Å². The van der Waals surface area contributed by atoms with Crippen molar-refractivity contribution in [3.05, 3.63) is 17.1 Å². The van der Waals surface area contributed by atoms with Crippen molar-refractivity contribution in [2.24, 2.45) is 0 Å². The molecular formula is C15H23N3S. The molecule has 1 N–H and O–H groups in total. The van der Waals surface area contributed by atoms with Gasteiger partial charge in [-0.2, -0.15) is 11.8 Å². The Balaban J connectivity index is 1.94. The van der Waals surface area contributed by atoms with E-state index < -0.39 is 0 Å². The fourth-order valence-electron chi connectivity index (χ4n) is 3.09. The minimum absolute atomic E-state index is 0.523. The summed E-state index contributed by atoms with van der Waals surface area (Å²) in [6.07, 6.45) is 10.1. The first-order chi connectivity index (χ1) is 9.38. The fourth-order valence-corrected chi connectivity index (χ4v) is 4.33. The van der Waals surface area contributed by atoms with Gasteiger partial charge in [0.2, 0.25) is 0 Å². The third kappa shape index (κ3) is 2.88. The molecule has 3 nitrogen and oxygen atoms in total. The maximum Gasteiger partial charge on any atom is 0.143 e. The van der Waals surface area contributed by atoms with Crippen molar-refractivity contribution in [2.45, 2.75) is 56.6 Å². The molecule has 0 saturated carbocycles. The topological polar surface area (TPSA) is 37.8 Å². The number of nitrogens with one attached hydrogen (secondary N) is 1. The maximum absolute atomic E-state index is 4.93. The van der Waals surface area contributed by atoms with E-state index in [0.29, 0.717) is 5.25 Å². The number of aryl methyl sites for hydroxylation is 1. The molecule has 2 aliphatic rings. The van der Waals surface area contributed by atoms with E-state index in [4.69, 9.17) is 9.97 Å². The highest BCUT2D eigenvalue weighted by molar-refractivity contribution is 7.99. The van der Waals surface area contributed by atoms with Gasteiger partial charge in [-0.05, 0) is 44.3 Å². The summed E-state index contributed by atoms with van der Waals surface area (Å²) >= 11 is 2.04. The Morgan fingerprint density at radius 3 is 2.74 bits per heavy atom. The quantitative estimate of drug-likeness (QED) is 0.836. The molecule has 1 fully saturated rings. The van der Waals surface area contributed by atoms with Crippen molar-refractivity contribution in [1.29, 1.82) is 0 Å². The molecule has 4 heteroatoms. The van der Waals surface area contributed by atoms with Crippen LogP contribution in [0.3, 0.4) is 0 Å². The van der Waals surface area contributed by atoms with Crippen LogP contribution in [0.25, 0.3) is 0 Å². The first-order valence-corrected chi connectivity index (χ1v) is 8.62. The number of nitrogens with zero attached hydrogens (tertiary/aromatic N) is 2. The summed E-state index contributed by atoms with van der Waals surface area (Å²) < 4.78 is 0. The normalized spacial score (nSPS) is 23.5. The second-order valence-corrected chi connectivity index (χ2v) is 6.83. The Morgan fingerprint density at radius 2 is 1.95 bits per heavy atom. The monoisotopic (exact) mass is 277 g/mol. The van der Waals surface area contributed by atoms with E-state index in [1.165, 1.54) is 55.5 Å². The number of hydrogen-bond donors (Lipinski definition) is 1. The molecular weight excluding hydrogens is 254 g/mol. The summed E-state index contributed by atoms with van der Waals surface area (Å²) in [6.45, 7) is 0. The number of thioether (sulfide) groups is 1. The Bertz CT molecular complexity index is 441. The number of aromatic nitrogens is 2. The number of rotatable bonds is 2. The molecule has 0 bridgehead atoms. The molecule has 104 valence electrons. The average Bonchev–Trinajstić information content (AvgIpc) is 2.72. The second-order valence-electron chi connectivity index (χ2n) is 5.52. The molecule has 1 aliphatic heterocycles. The second kappa shape index (κ2) is 6.12. The third-order valence-corrected chi connectivity index (χ3v) is 5.53. The van der Waals surface area contributed by atoms with Gasteiger partial charge in [-0.1, -0.05) is 12.8 Å². The van der Waals surface area contributed by atoms with Crippen molar-refractivity contribution >= 4 is 17.6 Å². The zero-order valence-corrected chi connectivity index (χ0v) is 12.6. The predicted molar refractivity (Wildman–Crippen MR) is 81.9 cm³/mol. The number of hydrogen-bond acceptors (Lipinski definition) is 4. The molecule has 1 atom stereocenters. The van der Waals surface area contributed by atoms with Crippen LogP contribution < -0.4 is 5.32 Å². The van der Waals surface area contributed by atoms with E-state index in [1.807, 2.05) is 18.8 Å². The third-order valence-electron chi connectivity index (χ3n) is 4.15. The molecule has 0 spiro atoms. The lowest BCUT2D eigenvalue weighted by molar-refractivity contribution is 0.656. The van der Waals surface area contributed by atoms with Crippen LogP contribution in [0.1, 0.15) is 60.9 Å². The first-order valence-electron chi connectivity index (χ1n) is 7.57. The van der Waals surface area contributed by atoms with Crippen molar-refractivity contribution in [3.63, 3.8) is 0 Å². The summed E-state index contributed by atoms with van der Waals surface area (Å²) in [4.78, 5) is 9.76. The molecule has 0 amide bonds. The molecule has 0 aromatic carbocycles. The Kier molecular flexibility index (Phi) is 4.26. The molecule has 2 heterocycles. The largest absolute Gasteiger partial charge is 0.373 e. The van der Waals surface area contributed by atoms with Gasteiger partial charge < -0.3 is 5.32 Å². The van der Waals surface area contributed by atoms with Gasteiger partial charge in [-0.15, -0.1) is 0 Å². The Morgan fingerprint density at radius 1 is 1.05 bits per heavy atom. The fraction of sp³-hybridized carbons (Fsp3) is 0.733. The van der Waals surface area contributed by atoms with Gasteiger partial charge in [0.15, 0.2) is 0 Å². The highest BCUT2D eigenvalue weighted by Gasteiger charge is 2.22. The summed E-state index contributed by atoms with van der Waals surface area (Å²) in [7, 11) is 1.99. The highest BCUT2D eigenvalue weighted by Crippen LogP contribution is 2.38. The van der Waals surface area contributed by atoms with Crippen LogP contribution in [0.5, 0.6) is 0 Å². The average molecular weight is 277 g/mol. The summed E-state index contributed by atoms with van der Waals surface area (Å²) in [5.41, 5.74) is 2.70. The molecule has 3 rings (SSSR count). The van der Waals surface area contributed by atoms with Crippen LogP contribution in [0.4, 0.5) is 5.82 Å². The summed E-state index contributed by atoms with van der Waals surface area (Å²) in [5, 5.41) is 3.82. The summed E-state index contributed by atoms with van der Waals surface area (Å²) in [6, 6.07) is 0. The van der Waals surface area contributed by atoms with E-state index in [0.717, 1.165) is 24.5 Å². The zero-order valence-electron chi connectivity index (χ0n) is 11.7. The zero-order chi connectivity index (χ0) is 13.1. The molecule has 1 aromatic heterocycles. The minimum Gasteiger partial charge on any atom is -0.373 e. The first kappa shape index (κ1) is 13.2. The molecule has 1 aromatic rings. The molecule has 0 radical (unpaired) electrons. The van der Waals surface area contributed by atoms with Crippen molar-refractivity contribution < 1.29 is 0 Å². The van der Waals surface area contributed by atoms with Crippen LogP contribution >= 0.6 is 11.8 Å². The Labute approximate surface area is 120 Å². The predicted octanol–water partition coefficient (Wildman–Crippen LogP) is 3.75. The SMILES string of the molecule is CNc1nc(C2CCCCS2)nc2c1CCCCC2. The van der Waals surface area contributed by atoms with Gasteiger partial charge in [0.25, 0.3) is 0 Å². The standard InChI is InChI=1S/C15H23N3S/c1-16-14-11-7-3-2-4-8-12(11)17-15(18-14)13-9-5-6-10-19-13/h13H,2-10H2,1H3,(H,16,17,18). The van der Waals surface area contributed by atoms with E-state index >= 15 is 0 Å². The minimum atomic E-state index is 0.523. The van der Waals surface area contributed by atoms with Crippen LogP contribution in [-0.4, -0.2) is 22.8 Å². The van der Waals surface area contributed by atoms with Gasteiger partial charge in [-0.25, -0.2) is 9.97 Å². The number of anilines is 1. The summed E-state index contributed by atoms with van der Waals surface area (Å²) in [5.74, 6) is 3.43. The molecule has 1 saturated heterocycles. The lowest BCUT2D eigenvalue weighted by Crippen LogP contribution is -2.12. The molecule has 19 heavy (non-hydrogen) atoms. The van der Waals surface area contributed by atoms with Gasteiger partial charge in [0.05, 0.1) is 5.25 Å². The van der Waals surface area contributed by atoms with E-state index in [1.54, 1.807) is 0 Å². The molecule has 1 unspecified atom stereocenters. The van der Waals surface area contributed by atoms with Crippen LogP contribution in [0.2, 0.25) is 0 Å². The smallest absolute Gasteiger partial charge is 0.143 e. The van der Waals surface area contributed by atoms with Crippen molar-refractivity contribution in [2.75, 3.05) is 18.1 Å². The lowest BCUT2D eigenvalue weighted by atomic mass is 10.1. The number of fused-ring (bicyclic) bond motifs is 1. The van der Waals surface area contributed by atoms with Crippen LogP contribution in [0, 0.1) is 0 Å². The van der Waals surface area contributed by atoms with Crippen molar-refractivity contribution in [3.8, 4) is 0 Å². The van der Waals surface area contributed by atoms with E-state index in [-0.39, 0.29) is 0 Å². The van der Waals surface area contributed by atoms with Gasteiger partial charge >= 0.3 is 0 Å².